The fraction of sp³-hybridized carbons (Fsp3) is 0.316. The standard InChI is InChI=1S/C19H22ClN3O/c1-22-9-11-23(12-10-22)18-7-5-15(6-8-18)14-21-19(24)16-3-2-4-17(20)13-16/h2-8,13H,9-12,14H2,1H3,(H,21,24). The predicted octanol–water partition coefficient (Wildman–Crippen LogP) is 3.02. The van der Waals surface area contributed by atoms with Crippen LogP contribution in [0.3, 0.4) is 0 Å². The van der Waals surface area contributed by atoms with Gasteiger partial charge in [0.1, 0.15) is 0 Å². The molecule has 0 aliphatic carbocycles. The van der Waals surface area contributed by atoms with Gasteiger partial charge in [0.25, 0.3) is 5.91 Å². The summed E-state index contributed by atoms with van der Waals surface area (Å²) in [5.74, 6) is -0.111. The van der Waals surface area contributed by atoms with Crippen LogP contribution in [0.1, 0.15) is 15.9 Å². The Morgan fingerprint density at radius 1 is 1.08 bits per heavy atom. The van der Waals surface area contributed by atoms with E-state index < -0.39 is 0 Å². The highest BCUT2D eigenvalue weighted by molar-refractivity contribution is 6.30. The smallest absolute Gasteiger partial charge is 0.251 e. The topological polar surface area (TPSA) is 35.6 Å². The molecule has 126 valence electrons. The quantitative estimate of drug-likeness (QED) is 0.927. The van der Waals surface area contributed by atoms with E-state index in [2.05, 4.69) is 46.4 Å². The SMILES string of the molecule is CN1CCN(c2ccc(CNC(=O)c3cccc(Cl)c3)cc2)CC1. The van der Waals surface area contributed by atoms with Gasteiger partial charge in [-0.3, -0.25) is 4.79 Å². The molecule has 1 fully saturated rings. The van der Waals surface area contributed by atoms with E-state index in [4.69, 9.17) is 11.6 Å². The third kappa shape index (κ3) is 4.28. The van der Waals surface area contributed by atoms with E-state index in [1.165, 1.54) is 5.69 Å². The number of carbonyl (C=O) groups excluding carboxylic acids is 1. The molecule has 0 spiro atoms. The van der Waals surface area contributed by atoms with Crippen molar-refractivity contribution in [3.05, 3.63) is 64.7 Å². The van der Waals surface area contributed by atoms with Crippen LogP contribution in [0.4, 0.5) is 5.69 Å². The summed E-state index contributed by atoms with van der Waals surface area (Å²) in [6.07, 6.45) is 0. The molecule has 0 aromatic heterocycles. The maximum Gasteiger partial charge on any atom is 0.251 e. The van der Waals surface area contributed by atoms with Crippen LogP contribution in [0.25, 0.3) is 0 Å². The lowest BCUT2D eigenvalue weighted by molar-refractivity contribution is 0.0951. The van der Waals surface area contributed by atoms with Gasteiger partial charge in [-0.15, -0.1) is 0 Å². The number of benzene rings is 2. The van der Waals surface area contributed by atoms with Gasteiger partial charge in [-0.05, 0) is 42.9 Å². The van der Waals surface area contributed by atoms with Gasteiger partial charge in [0, 0.05) is 49.0 Å². The Bertz CT molecular complexity index is 694. The van der Waals surface area contributed by atoms with Crippen molar-refractivity contribution < 1.29 is 4.79 Å². The Balaban J connectivity index is 1.55. The second-order valence-corrected chi connectivity index (χ2v) is 6.59. The van der Waals surface area contributed by atoms with E-state index in [0.717, 1.165) is 31.7 Å². The van der Waals surface area contributed by atoms with Gasteiger partial charge < -0.3 is 15.1 Å². The summed E-state index contributed by atoms with van der Waals surface area (Å²) < 4.78 is 0. The minimum absolute atomic E-state index is 0.111. The van der Waals surface area contributed by atoms with Crippen LogP contribution in [0.2, 0.25) is 5.02 Å². The van der Waals surface area contributed by atoms with Crippen molar-refractivity contribution in [1.82, 2.24) is 10.2 Å². The van der Waals surface area contributed by atoms with Gasteiger partial charge >= 0.3 is 0 Å². The number of rotatable bonds is 4. The van der Waals surface area contributed by atoms with Gasteiger partial charge in [0.05, 0.1) is 0 Å². The van der Waals surface area contributed by atoms with Crippen LogP contribution < -0.4 is 10.2 Å². The number of nitrogens with one attached hydrogen (secondary N) is 1. The first-order chi connectivity index (χ1) is 11.6. The molecule has 1 aliphatic rings. The summed E-state index contributed by atoms with van der Waals surface area (Å²) in [5.41, 5.74) is 2.91. The van der Waals surface area contributed by atoms with Crippen LogP contribution >= 0.6 is 11.6 Å². The summed E-state index contributed by atoms with van der Waals surface area (Å²) in [6.45, 7) is 4.81. The van der Waals surface area contributed by atoms with Crippen molar-refractivity contribution in [2.45, 2.75) is 6.54 Å². The summed E-state index contributed by atoms with van der Waals surface area (Å²) in [5, 5.41) is 3.50. The second kappa shape index (κ2) is 7.69. The Morgan fingerprint density at radius 3 is 2.46 bits per heavy atom. The van der Waals surface area contributed by atoms with E-state index in [-0.39, 0.29) is 5.91 Å². The normalized spacial score (nSPS) is 15.3. The zero-order valence-electron chi connectivity index (χ0n) is 13.8. The highest BCUT2D eigenvalue weighted by Gasteiger charge is 2.14. The lowest BCUT2D eigenvalue weighted by Crippen LogP contribution is -2.44. The van der Waals surface area contributed by atoms with Crippen molar-refractivity contribution in [3.63, 3.8) is 0 Å². The fourth-order valence-electron chi connectivity index (χ4n) is 2.80. The molecular formula is C19H22ClN3O. The Morgan fingerprint density at radius 2 is 1.79 bits per heavy atom. The average Bonchev–Trinajstić information content (AvgIpc) is 2.61. The van der Waals surface area contributed by atoms with Crippen molar-refractivity contribution >= 4 is 23.2 Å². The van der Waals surface area contributed by atoms with Gasteiger partial charge in [-0.2, -0.15) is 0 Å². The first kappa shape index (κ1) is 16.8. The number of carbonyl (C=O) groups is 1. The molecule has 0 bridgehead atoms. The van der Waals surface area contributed by atoms with Gasteiger partial charge in [-0.25, -0.2) is 0 Å². The molecular weight excluding hydrogens is 322 g/mol. The average molecular weight is 344 g/mol. The predicted molar refractivity (Wildman–Crippen MR) is 98.8 cm³/mol. The molecule has 0 saturated carbocycles. The number of likely N-dealkylation sites (N-methyl/N-ethyl adjacent to an activating group) is 1. The van der Waals surface area contributed by atoms with Crippen molar-refractivity contribution in [3.8, 4) is 0 Å². The number of anilines is 1. The van der Waals surface area contributed by atoms with E-state index >= 15 is 0 Å². The molecule has 2 aromatic carbocycles. The molecule has 1 heterocycles. The zero-order chi connectivity index (χ0) is 16.9. The third-order valence-electron chi connectivity index (χ3n) is 4.34. The van der Waals surface area contributed by atoms with E-state index in [1.54, 1.807) is 24.3 Å². The van der Waals surface area contributed by atoms with Crippen LogP contribution in [0, 0.1) is 0 Å². The van der Waals surface area contributed by atoms with E-state index in [9.17, 15) is 4.79 Å². The Labute approximate surface area is 148 Å². The third-order valence-corrected chi connectivity index (χ3v) is 4.58. The molecule has 1 N–H and O–H groups in total. The van der Waals surface area contributed by atoms with Crippen molar-refractivity contribution in [2.75, 3.05) is 38.1 Å². The number of halogens is 1. The summed E-state index contributed by atoms with van der Waals surface area (Å²) >= 11 is 5.92. The number of piperazine rings is 1. The molecule has 5 heteroatoms. The molecule has 1 amide bonds. The van der Waals surface area contributed by atoms with Crippen LogP contribution in [0.5, 0.6) is 0 Å². The highest BCUT2D eigenvalue weighted by Crippen LogP contribution is 2.17. The number of amides is 1. The summed E-state index contributed by atoms with van der Waals surface area (Å²) in [6, 6.07) is 15.4. The van der Waals surface area contributed by atoms with Gasteiger partial charge in [0.15, 0.2) is 0 Å². The molecule has 0 radical (unpaired) electrons. The molecule has 2 aromatic rings. The fourth-order valence-corrected chi connectivity index (χ4v) is 2.99. The summed E-state index contributed by atoms with van der Waals surface area (Å²) in [4.78, 5) is 16.9. The Hall–Kier alpha value is -2.04. The highest BCUT2D eigenvalue weighted by atomic mass is 35.5. The van der Waals surface area contributed by atoms with Gasteiger partial charge in [0.2, 0.25) is 0 Å². The molecule has 1 aliphatic heterocycles. The first-order valence-electron chi connectivity index (χ1n) is 8.18. The minimum atomic E-state index is -0.111. The minimum Gasteiger partial charge on any atom is -0.369 e. The van der Waals surface area contributed by atoms with E-state index in [0.29, 0.717) is 17.1 Å². The number of hydrogen-bond acceptors (Lipinski definition) is 3. The van der Waals surface area contributed by atoms with Crippen LogP contribution in [-0.4, -0.2) is 44.0 Å². The molecule has 3 rings (SSSR count). The van der Waals surface area contributed by atoms with Crippen molar-refractivity contribution in [2.24, 2.45) is 0 Å². The lowest BCUT2D eigenvalue weighted by atomic mass is 10.1. The molecule has 24 heavy (non-hydrogen) atoms. The largest absolute Gasteiger partial charge is 0.369 e. The monoisotopic (exact) mass is 343 g/mol. The van der Waals surface area contributed by atoms with Gasteiger partial charge in [-0.1, -0.05) is 29.8 Å². The summed E-state index contributed by atoms with van der Waals surface area (Å²) in [7, 11) is 2.16. The van der Waals surface area contributed by atoms with Crippen LogP contribution in [-0.2, 0) is 6.54 Å². The first-order valence-corrected chi connectivity index (χ1v) is 8.56. The van der Waals surface area contributed by atoms with E-state index in [1.807, 2.05) is 0 Å². The maximum absolute atomic E-state index is 12.1. The molecule has 0 atom stereocenters. The zero-order valence-corrected chi connectivity index (χ0v) is 14.6. The van der Waals surface area contributed by atoms with Crippen LogP contribution in [0.15, 0.2) is 48.5 Å². The van der Waals surface area contributed by atoms with Crippen molar-refractivity contribution in [1.29, 1.82) is 0 Å². The number of hydrogen-bond donors (Lipinski definition) is 1. The number of nitrogens with zero attached hydrogens (tertiary/aromatic N) is 2. The maximum atomic E-state index is 12.1. The molecule has 0 unspecified atom stereocenters. The lowest BCUT2D eigenvalue weighted by Gasteiger charge is -2.34. The molecule has 1 saturated heterocycles. The Kier molecular flexibility index (Phi) is 5.38. The second-order valence-electron chi connectivity index (χ2n) is 6.15. The molecule has 4 nitrogen and oxygen atoms in total.